The molecule has 4 atom stereocenters. The van der Waals surface area contributed by atoms with Crippen molar-refractivity contribution in [2.24, 2.45) is 0 Å². The second-order valence-electron chi connectivity index (χ2n) is 5.79. The van der Waals surface area contributed by atoms with E-state index in [-0.39, 0.29) is 22.6 Å². The van der Waals surface area contributed by atoms with Crippen LogP contribution in [0.3, 0.4) is 0 Å². The van der Waals surface area contributed by atoms with Crippen LogP contribution in [0, 0.1) is 0 Å². The third kappa shape index (κ3) is 2.23. The molecule has 1 aliphatic rings. The fourth-order valence-electron chi connectivity index (χ4n) is 2.97. The Kier molecular flexibility index (Phi) is 3.92. The largest absolute Gasteiger partial charge is 0.465 e. The Hall–Kier alpha value is -2.27. The molecule has 130 valence electrons. The molecule has 0 spiro atoms. The maximum Gasteiger partial charge on any atom is 0.340 e. The summed E-state index contributed by atoms with van der Waals surface area (Å²) in [5, 5.41) is 34.1. The van der Waals surface area contributed by atoms with Crippen LogP contribution in [-0.2, 0) is 9.47 Å². The Morgan fingerprint density at radius 1 is 1.58 bits per heavy atom. The third-order valence-corrected chi connectivity index (χ3v) is 4.26. The number of hydrogen-bond acceptors (Lipinski definition) is 9. The van der Waals surface area contributed by atoms with Gasteiger partial charge in [0.1, 0.15) is 35.8 Å². The number of esters is 1. The van der Waals surface area contributed by atoms with E-state index in [1.807, 2.05) is 0 Å². The van der Waals surface area contributed by atoms with Gasteiger partial charge in [-0.05, 0) is 13.0 Å². The van der Waals surface area contributed by atoms with Crippen molar-refractivity contribution in [2.45, 2.75) is 30.8 Å². The number of fused-ring (bicyclic) bond motifs is 1. The first-order valence-electron chi connectivity index (χ1n) is 7.20. The second-order valence-corrected chi connectivity index (χ2v) is 5.79. The maximum absolute atomic E-state index is 12.0. The Labute approximate surface area is 136 Å². The van der Waals surface area contributed by atoms with Crippen LogP contribution in [0.5, 0.6) is 0 Å². The fraction of sp³-hybridized carbons (Fsp3) is 0.500. The molecule has 0 radical (unpaired) electrons. The van der Waals surface area contributed by atoms with Crippen LogP contribution < -0.4 is 5.73 Å². The summed E-state index contributed by atoms with van der Waals surface area (Å²) < 4.78 is 11.6. The monoisotopic (exact) mass is 338 g/mol. The standard InChI is InChI=1S/C14H18N4O6/c1-14(22)10(20)8(4-19)24-11(14)7-3-6(13(21)23-2)9-12(15)16-5-17-18(7)9/h3,5,8,10-11,19-20,22H,4H2,1-2H3,(H2,15,16,17)/t8-,10-,11+,14-/m1/s1. The van der Waals surface area contributed by atoms with Crippen molar-refractivity contribution in [2.75, 3.05) is 19.5 Å². The van der Waals surface area contributed by atoms with E-state index < -0.39 is 36.5 Å². The summed E-state index contributed by atoms with van der Waals surface area (Å²) in [4.78, 5) is 15.9. The lowest BCUT2D eigenvalue weighted by atomic mass is 9.91. The Bertz CT molecular complexity index is 789. The lowest BCUT2D eigenvalue weighted by molar-refractivity contribution is -0.0664. The number of carbonyl (C=O) groups is 1. The van der Waals surface area contributed by atoms with Gasteiger partial charge in [0.05, 0.1) is 25.0 Å². The van der Waals surface area contributed by atoms with Gasteiger partial charge in [-0.2, -0.15) is 5.10 Å². The quantitative estimate of drug-likeness (QED) is 0.497. The molecule has 3 rings (SSSR count). The zero-order valence-corrected chi connectivity index (χ0v) is 13.1. The number of aromatic nitrogens is 3. The summed E-state index contributed by atoms with van der Waals surface area (Å²) in [7, 11) is 1.22. The first-order valence-corrected chi connectivity index (χ1v) is 7.20. The van der Waals surface area contributed by atoms with Gasteiger partial charge in [0.2, 0.25) is 0 Å². The van der Waals surface area contributed by atoms with E-state index in [0.29, 0.717) is 0 Å². The normalized spacial score (nSPS) is 30.0. The van der Waals surface area contributed by atoms with Crippen molar-refractivity contribution in [3.63, 3.8) is 0 Å². The predicted octanol–water partition coefficient (Wildman–Crippen LogP) is -1.36. The van der Waals surface area contributed by atoms with Crippen LogP contribution in [0.25, 0.3) is 5.52 Å². The smallest absolute Gasteiger partial charge is 0.340 e. The van der Waals surface area contributed by atoms with Crippen molar-refractivity contribution >= 4 is 17.3 Å². The van der Waals surface area contributed by atoms with Gasteiger partial charge in [-0.1, -0.05) is 0 Å². The second kappa shape index (κ2) is 5.67. The van der Waals surface area contributed by atoms with Gasteiger partial charge in [-0.25, -0.2) is 14.3 Å². The SMILES string of the molecule is COC(=O)c1cc([C@@H]2O[C@H](CO)[C@@H](O)[C@@]2(C)O)n2ncnc(N)c12. The molecule has 0 aromatic carbocycles. The van der Waals surface area contributed by atoms with Gasteiger partial charge in [-0.3, -0.25) is 0 Å². The third-order valence-electron chi connectivity index (χ3n) is 4.26. The fourth-order valence-corrected chi connectivity index (χ4v) is 2.97. The van der Waals surface area contributed by atoms with Crippen LogP contribution >= 0.6 is 0 Å². The molecule has 0 saturated carbocycles. The first-order chi connectivity index (χ1) is 11.3. The first kappa shape index (κ1) is 16.6. The number of nitrogens with zero attached hydrogens (tertiary/aromatic N) is 3. The Morgan fingerprint density at radius 3 is 2.88 bits per heavy atom. The van der Waals surface area contributed by atoms with E-state index in [0.717, 1.165) is 0 Å². The van der Waals surface area contributed by atoms with E-state index >= 15 is 0 Å². The predicted molar refractivity (Wildman–Crippen MR) is 80.1 cm³/mol. The van der Waals surface area contributed by atoms with E-state index in [9.17, 15) is 20.1 Å². The molecule has 1 aliphatic heterocycles. The van der Waals surface area contributed by atoms with Gasteiger partial charge < -0.3 is 30.5 Å². The molecule has 1 fully saturated rings. The number of aliphatic hydroxyl groups is 3. The van der Waals surface area contributed by atoms with Crippen molar-refractivity contribution < 1.29 is 29.6 Å². The van der Waals surface area contributed by atoms with Crippen molar-refractivity contribution in [1.29, 1.82) is 0 Å². The van der Waals surface area contributed by atoms with Gasteiger partial charge in [0, 0.05) is 0 Å². The lowest BCUT2D eigenvalue weighted by Crippen LogP contribution is -2.43. The maximum atomic E-state index is 12.0. The Morgan fingerprint density at radius 2 is 2.29 bits per heavy atom. The molecule has 0 bridgehead atoms. The lowest BCUT2D eigenvalue weighted by Gasteiger charge is -2.26. The molecule has 0 unspecified atom stereocenters. The molecule has 24 heavy (non-hydrogen) atoms. The van der Waals surface area contributed by atoms with Gasteiger partial charge in [-0.15, -0.1) is 0 Å². The van der Waals surface area contributed by atoms with E-state index in [4.69, 9.17) is 15.2 Å². The van der Waals surface area contributed by atoms with Crippen LogP contribution in [0.1, 0.15) is 29.1 Å². The van der Waals surface area contributed by atoms with E-state index in [1.165, 1.54) is 30.9 Å². The molecule has 1 saturated heterocycles. The van der Waals surface area contributed by atoms with Crippen molar-refractivity contribution in [3.05, 3.63) is 23.7 Å². The number of ether oxygens (including phenoxy) is 2. The highest BCUT2D eigenvalue weighted by atomic mass is 16.6. The van der Waals surface area contributed by atoms with Crippen molar-refractivity contribution in [1.82, 2.24) is 14.6 Å². The van der Waals surface area contributed by atoms with E-state index in [1.54, 1.807) is 0 Å². The molecular weight excluding hydrogens is 320 g/mol. The molecule has 0 aliphatic carbocycles. The summed E-state index contributed by atoms with van der Waals surface area (Å²) in [6.45, 7) is 0.901. The summed E-state index contributed by atoms with van der Waals surface area (Å²) in [6, 6.07) is 1.41. The number of hydrogen-bond donors (Lipinski definition) is 4. The van der Waals surface area contributed by atoms with E-state index in [2.05, 4.69) is 10.1 Å². The average Bonchev–Trinajstić information content (AvgIpc) is 3.04. The molecule has 3 heterocycles. The highest BCUT2D eigenvalue weighted by Crippen LogP contribution is 2.42. The summed E-state index contributed by atoms with van der Waals surface area (Å²) >= 11 is 0. The van der Waals surface area contributed by atoms with Gasteiger partial charge >= 0.3 is 5.97 Å². The molecule has 5 N–H and O–H groups in total. The minimum absolute atomic E-state index is 0.0496. The number of rotatable bonds is 3. The van der Waals surface area contributed by atoms with Crippen LogP contribution in [0.4, 0.5) is 5.82 Å². The van der Waals surface area contributed by atoms with Crippen molar-refractivity contribution in [3.8, 4) is 0 Å². The number of nitrogen functional groups attached to an aromatic ring is 1. The molecule has 2 aromatic heterocycles. The molecule has 10 heteroatoms. The molecule has 0 amide bonds. The number of aliphatic hydroxyl groups excluding tert-OH is 2. The number of methoxy groups -OCH3 is 1. The summed E-state index contributed by atoms with van der Waals surface area (Å²) in [5.41, 5.74) is 4.71. The van der Waals surface area contributed by atoms with Crippen LogP contribution in [-0.4, -0.2) is 67.4 Å². The number of nitrogens with two attached hydrogens (primary N) is 1. The Balaban J connectivity index is 2.21. The average molecular weight is 338 g/mol. The van der Waals surface area contributed by atoms with Gasteiger partial charge in [0.15, 0.2) is 5.82 Å². The molecule has 2 aromatic rings. The zero-order chi connectivity index (χ0) is 17.6. The molecular formula is C14H18N4O6. The summed E-state index contributed by atoms with van der Waals surface area (Å²) in [6.07, 6.45) is -2.16. The number of anilines is 1. The summed E-state index contributed by atoms with van der Waals surface area (Å²) in [5.74, 6) is -0.606. The van der Waals surface area contributed by atoms with Crippen LogP contribution in [0.15, 0.2) is 12.4 Å². The minimum Gasteiger partial charge on any atom is -0.465 e. The zero-order valence-electron chi connectivity index (χ0n) is 13.1. The van der Waals surface area contributed by atoms with Crippen LogP contribution in [0.2, 0.25) is 0 Å². The highest BCUT2D eigenvalue weighted by Gasteiger charge is 2.53. The minimum atomic E-state index is -1.71. The number of carbonyl (C=O) groups excluding carboxylic acids is 1. The highest BCUT2D eigenvalue weighted by molar-refractivity contribution is 6.00. The van der Waals surface area contributed by atoms with Gasteiger partial charge in [0.25, 0.3) is 0 Å². The molecule has 10 nitrogen and oxygen atoms in total. The topological polar surface area (TPSA) is 152 Å².